The summed E-state index contributed by atoms with van der Waals surface area (Å²) in [7, 11) is 0. The van der Waals surface area contributed by atoms with Gasteiger partial charge in [-0.3, -0.25) is 4.79 Å². The van der Waals surface area contributed by atoms with Crippen LogP contribution in [0.1, 0.15) is 84.5 Å². The summed E-state index contributed by atoms with van der Waals surface area (Å²) < 4.78 is 6.16. The summed E-state index contributed by atoms with van der Waals surface area (Å²) in [5.74, 6) is 0.417. The van der Waals surface area contributed by atoms with Gasteiger partial charge in [0.05, 0.1) is 23.9 Å². The zero-order valence-corrected chi connectivity index (χ0v) is 17.7. The summed E-state index contributed by atoms with van der Waals surface area (Å²) in [6.45, 7) is 3.78. The van der Waals surface area contributed by atoms with Gasteiger partial charge in [0.1, 0.15) is 6.61 Å². The number of aliphatic hydroxyl groups is 3. The van der Waals surface area contributed by atoms with E-state index in [-0.39, 0.29) is 30.0 Å². The highest BCUT2D eigenvalue weighted by Crippen LogP contribution is 2.46. The van der Waals surface area contributed by atoms with Gasteiger partial charge in [0.25, 0.3) is 0 Å². The molecule has 2 aliphatic rings. The third-order valence-corrected chi connectivity index (χ3v) is 6.85. The van der Waals surface area contributed by atoms with Crippen LogP contribution in [0.5, 0.6) is 0 Å². The fourth-order valence-electron chi connectivity index (χ4n) is 5.03. The molecule has 1 aliphatic heterocycles. The molecule has 0 aromatic heterocycles. The van der Waals surface area contributed by atoms with Crippen molar-refractivity contribution in [2.24, 2.45) is 11.8 Å². The second-order valence-electron chi connectivity index (χ2n) is 8.84. The van der Waals surface area contributed by atoms with Gasteiger partial charge in [-0.25, -0.2) is 0 Å². The molecule has 1 aliphatic carbocycles. The van der Waals surface area contributed by atoms with Crippen LogP contribution in [0.15, 0.2) is 12.2 Å². The molecule has 0 aromatic carbocycles. The van der Waals surface area contributed by atoms with E-state index in [0.717, 1.165) is 70.6 Å². The van der Waals surface area contributed by atoms with E-state index in [0.29, 0.717) is 5.92 Å². The quantitative estimate of drug-likeness (QED) is 0.415. The van der Waals surface area contributed by atoms with Gasteiger partial charge in [-0.05, 0) is 62.9 Å². The Balaban J connectivity index is 1.77. The lowest BCUT2D eigenvalue weighted by atomic mass is 9.82. The summed E-state index contributed by atoms with van der Waals surface area (Å²) >= 11 is 0. The Morgan fingerprint density at radius 3 is 2.61 bits per heavy atom. The Kier molecular flexibility index (Phi) is 9.61. The highest BCUT2D eigenvalue weighted by Gasteiger charge is 2.48. The molecule has 0 spiro atoms. The van der Waals surface area contributed by atoms with Crippen molar-refractivity contribution in [1.82, 2.24) is 0 Å². The first-order valence-corrected chi connectivity index (χ1v) is 11.3. The van der Waals surface area contributed by atoms with Gasteiger partial charge in [0.15, 0.2) is 5.78 Å². The van der Waals surface area contributed by atoms with Crippen LogP contribution >= 0.6 is 0 Å². The average molecular weight is 397 g/mol. The molecule has 6 atom stereocenters. The molecular weight excluding hydrogens is 356 g/mol. The largest absolute Gasteiger partial charge is 0.393 e. The second kappa shape index (κ2) is 11.4. The van der Waals surface area contributed by atoms with Crippen molar-refractivity contribution in [3.05, 3.63) is 12.2 Å². The number of allylic oxidation sites excluding steroid dienone is 1. The fraction of sp³-hybridized carbons (Fsp3) is 0.870. The molecule has 0 radical (unpaired) electrons. The first-order chi connectivity index (χ1) is 13.4. The monoisotopic (exact) mass is 396 g/mol. The lowest BCUT2D eigenvalue weighted by molar-refractivity contribution is -0.117. The summed E-state index contributed by atoms with van der Waals surface area (Å²) in [5.41, 5.74) is -0.550. The van der Waals surface area contributed by atoms with E-state index in [1.165, 1.54) is 6.08 Å². The number of aliphatic hydroxyl groups excluding tert-OH is 2. The standard InChI is InChI=1S/C23H40O5/c1-3-5-12-23(27,4-2)13-8-11-19-20-14-18(28-22(20)15-21(19)26)10-7-6-9-17(25)16-24/h6,9,18-22,24,26-27H,3-5,7-8,10-16H2,1-2H3/t18?,19-,20-,21-,22+,23?/m1/s1. The third-order valence-electron chi connectivity index (χ3n) is 6.85. The molecule has 1 saturated heterocycles. The summed E-state index contributed by atoms with van der Waals surface area (Å²) in [4.78, 5) is 11.1. The van der Waals surface area contributed by atoms with Crippen molar-refractivity contribution in [1.29, 1.82) is 0 Å². The van der Waals surface area contributed by atoms with E-state index >= 15 is 0 Å². The maximum absolute atomic E-state index is 11.1. The molecule has 2 rings (SSSR count). The van der Waals surface area contributed by atoms with Crippen LogP contribution in [0.3, 0.4) is 0 Å². The normalized spacial score (nSPS) is 32.0. The molecule has 1 saturated carbocycles. The van der Waals surface area contributed by atoms with Crippen LogP contribution in [0.25, 0.3) is 0 Å². The van der Waals surface area contributed by atoms with Crippen LogP contribution in [-0.2, 0) is 9.53 Å². The van der Waals surface area contributed by atoms with Crippen molar-refractivity contribution in [3.8, 4) is 0 Å². The number of hydrogen-bond donors (Lipinski definition) is 3. The van der Waals surface area contributed by atoms with E-state index < -0.39 is 12.2 Å². The van der Waals surface area contributed by atoms with Gasteiger partial charge in [-0.2, -0.15) is 0 Å². The van der Waals surface area contributed by atoms with E-state index in [4.69, 9.17) is 9.84 Å². The number of unbranched alkanes of at least 4 members (excludes halogenated alkanes) is 1. The average Bonchev–Trinajstić information content (AvgIpc) is 3.20. The molecule has 5 heteroatoms. The molecule has 28 heavy (non-hydrogen) atoms. The zero-order valence-electron chi connectivity index (χ0n) is 17.7. The smallest absolute Gasteiger partial charge is 0.180 e. The summed E-state index contributed by atoms with van der Waals surface area (Å²) in [6.07, 6.45) is 13.2. The summed E-state index contributed by atoms with van der Waals surface area (Å²) in [5, 5.41) is 30.0. The Bertz CT molecular complexity index is 505. The minimum absolute atomic E-state index is 0.151. The molecular formula is C23H40O5. The first kappa shape index (κ1) is 23.5. The van der Waals surface area contributed by atoms with Crippen LogP contribution in [0.2, 0.25) is 0 Å². The zero-order chi connectivity index (χ0) is 20.6. The Morgan fingerprint density at radius 2 is 1.93 bits per heavy atom. The highest BCUT2D eigenvalue weighted by molar-refractivity contribution is 5.90. The Labute approximate surface area is 170 Å². The molecule has 162 valence electrons. The fourth-order valence-corrected chi connectivity index (χ4v) is 5.03. The number of carbonyl (C=O) groups is 1. The van der Waals surface area contributed by atoms with E-state index in [1.54, 1.807) is 0 Å². The Hall–Kier alpha value is -0.750. The van der Waals surface area contributed by atoms with Crippen LogP contribution in [0.4, 0.5) is 0 Å². The topological polar surface area (TPSA) is 87.0 Å². The van der Waals surface area contributed by atoms with E-state index in [2.05, 4.69) is 13.8 Å². The number of rotatable bonds is 13. The molecule has 3 N–H and O–H groups in total. The number of ketones is 1. The van der Waals surface area contributed by atoms with Crippen LogP contribution in [-0.4, -0.2) is 51.6 Å². The number of carbonyl (C=O) groups excluding carboxylic acids is 1. The number of fused-ring (bicyclic) bond motifs is 1. The van der Waals surface area contributed by atoms with E-state index in [1.807, 2.05) is 6.08 Å². The SMILES string of the molecule is CCCCC(O)(CC)CCC[C@@H]1[C@H]2CC(CCC=CC(=O)CO)O[C@H]2C[C@H]1O. The van der Waals surface area contributed by atoms with Crippen LogP contribution < -0.4 is 0 Å². The van der Waals surface area contributed by atoms with Crippen molar-refractivity contribution >= 4 is 5.78 Å². The molecule has 0 bridgehead atoms. The maximum Gasteiger partial charge on any atom is 0.180 e. The number of ether oxygens (including phenoxy) is 1. The van der Waals surface area contributed by atoms with Gasteiger partial charge in [0.2, 0.25) is 0 Å². The van der Waals surface area contributed by atoms with Crippen molar-refractivity contribution in [2.45, 2.75) is 108 Å². The van der Waals surface area contributed by atoms with Gasteiger partial charge in [-0.1, -0.05) is 39.2 Å². The van der Waals surface area contributed by atoms with Crippen molar-refractivity contribution < 1.29 is 24.9 Å². The third kappa shape index (κ3) is 6.65. The second-order valence-corrected chi connectivity index (χ2v) is 8.84. The summed E-state index contributed by atoms with van der Waals surface area (Å²) in [6, 6.07) is 0. The van der Waals surface area contributed by atoms with Gasteiger partial charge < -0.3 is 20.1 Å². The molecule has 5 nitrogen and oxygen atoms in total. The highest BCUT2D eigenvalue weighted by atomic mass is 16.5. The number of hydrogen-bond acceptors (Lipinski definition) is 5. The Morgan fingerprint density at radius 1 is 1.18 bits per heavy atom. The predicted molar refractivity (Wildman–Crippen MR) is 110 cm³/mol. The van der Waals surface area contributed by atoms with Crippen molar-refractivity contribution in [3.63, 3.8) is 0 Å². The van der Waals surface area contributed by atoms with Crippen molar-refractivity contribution in [2.75, 3.05) is 6.61 Å². The minimum atomic E-state index is -0.550. The molecule has 1 heterocycles. The molecule has 0 amide bonds. The molecule has 2 fully saturated rings. The van der Waals surface area contributed by atoms with Gasteiger partial charge in [0, 0.05) is 6.42 Å². The molecule has 0 aromatic rings. The van der Waals surface area contributed by atoms with Crippen LogP contribution in [0, 0.1) is 11.8 Å². The lowest BCUT2D eigenvalue weighted by Crippen LogP contribution is -2.28. The minimum Gasteiger partial charge on any atom is -0.393 e. The lowest BCUT2D eigenvalue weighted by Gasteiger charge is -2.28. The maximum atomic E-state index is 11.1. The van der Waals surface area contributed by atoms with E-state index in [9.17, 15) is 15.0 Å². The predicted octanol–water partition coefficient (Wildman–Crippen LogP) is 3.54. The molecule has 2 unspecified atom stereocenters. The van der Waals surface area contributed by atoms with Gasteiger partial charge in [-0.15, -0.1) is 0 Å². The van der Waals surface area contributed by atoms with Gasteiger partial charge >= 0.3 is 0 Å². The first-order valence-electron chi connectivity index (χ1n) is 11.3.